The Hall–Kier alpha value is -2.35. The molecule has 0 bridgehead atoms. The molecule has 0 aliphatic carbocycles. The van der Waals surface area contributed by atoms with E-state index in [1.165, 1.54) is 0 Å². The molecule has 0 unspecified atom stereocenters. The molecule has 119 valence electrons. The number of aliphatic imine (C=N–C) groups is 1. The first-order valence-corrected chi connectivity index (χ1v) is 8.66. The number of ether oxygens (including phenoxy) is 1. The molecule has 3 heteroatoms. The SMILES string of the molecule is Cc1cc(OCc2ccccc2)ccc1C([Se])=Nc1ccccc1. The van der Waals surface area contributed by atoms with Gasteiger partial charge in [0.25, 0.3) is 0 Å². The van der Waals surface area contributed by atoms with Crippen molar-refractivity contribution in [3.05, 3.63) is 95.6 Å². The summed E-state index contributed by atoms with van der Waals surface area (Å²) in [5, 5.41) is 0. The van der Waals surface area contributed by atoms with Gasteiger partial charge in [0, 0.05) is 0 Å². The second-order valence-electron chi connectivity index (χ2n) is 5.50. The van der Waals surface area contributed by atoms with E-state index in [1.807, 2.05) is 60.7 Å². The molecule has 3 aromatic rings. The Kier molecular flexibility index (Phi) is 5.47. The number of rotatable bonds is 5. The molecule has 0 spiro atoms. The minimum absolute atomic E-state index is 0.572. The summed E-state index contributed by atoms with van der Waals surface area (Å²) in [7, 11) is 0. The van der Waals surface area contributed by atoms with Gasteiger partial charge in [0.2, 0.25) is 0 Å². The summed E-state index contributed by atoms with van der Waals surface area (Å²) in [6.07, 6.45) is 0. The van der Waals surface area contributed by atoms with Crippen LogP contribution in [0.1, 0.15) is 16.7 Å². The van der Waals surface area contributed by atoms with Crippen LogP contribution in [0, 0.1) is 6.92 Å². The minimum atomic E-state index is 0.572. The third-order valence-corrected chi connectivity index (χ3v) is 4.32. The van der Waals surface area contributed by atoms with Crippen LogP contribution in [0.25, 0.3) is 0 Å². The number of nitrogens with zero attached hydrogens (tertiary/aromatic N) is 1. The third kappa shape index (κ3) is 4.35. The fourth-order valence-corrected chi connectivity index (χ4v) is 3.09. The van der Waals surface area contributed by atoms with E-state index in [0.717, 1.165) is 32.7 Å². The molecule has 0 heterocycles. The van der Waals surface area contributed by atoms with Gasteiger partial charge in [0.05, 0.1) is 0 Å². The van der Waals surface area contributed by atoms with Crippen LogP contribution < -0.4 is 4.74 Å². The average Bonchev–Trinajstić information content (AvgIpc) is 2.61. The number of aryl methyl sites for hydroxylation is 1. The van der Waals surface area contributed by atoms with Gasteiger partial charge < -0.3 is 0 Å². The second kappa shape index (κ2) is 7.96. The summed E-state index contributed by atoms with van der Waals surface area (Å²) in [5.41, 5.74) is 4.32. The Morgan fingerprint density at radius 2 is 1.58 bits per heavy atom. The fourth-order valence-electron chi connectivity index (χ4n) is 2.39. The molecule has 0 atom stereocenters. The van der Waals surface area contributed by atoms with E-state index < -0.39 is 0 Å². The first-order valence-electron chi connectivity index (χ1n) is 7.81. The zero-order chi connectivity index (χ0) is 16.8. The maximum atomic E-state index is 5.88. The van der Waals surface area contributed by atoms with Crippen LogP contribution in [-0.2, 0) is 6.61 Å². The zero-order valence-electron chi connectivity index (χ0n) is 13.5. The van der Waals surface area contributed by atoms with E-state index in [2.05, 4.69) is 46.1 Å². The first kappa shape index (κ1) is 16.5. The summed E-state index contributed by atoms with van der Waals surface area (Å²) in [5.74, 6) is 0.868. The molecule has 0 saturated heterocycles. The van der Waals surface area contributed by atoms with Crippen molar-refractivity contribution in [1.29, 1.82) is 0 Å². The van der Waals surface area contributed by atoms with Crippen molar-refractivity contribution in [2.24, 2.45) is 4.99 Å². The van der Waals surface area contributed by atoms with Crippen molar-refractivity contribution in [1.82, 2.24) is 0 Å². The summed E-state index contributed by atoms with van der Waals surface area (Å²) in [6, 6.07) is 26.2. The molecule has 3 rings (SSSR count). The summed E-state index contributed by atoms with van der Waals surface area (Å²) in [4.78, 5) is 4.63. The quantitative estimate of drug-likeness (QED) is 0.460. The Morgan fingerprint density at radius 1 is 0.917 bits per heavy atom. The van der Waals surface area contributed by atoms with E-state index in [-0.39, 0.29) is 0 Å². The zero-order valence-corrected chi connectivity index (χ0v) is 15.2. The molecule has 0 N–H and O–H groups in total. The molecule has 1 radical (unpaired) electrons. The van der Waals surface area contributed by atoms with Crippen LogP contribution in [-0.4, -0.2) is 20.6 Å². The van der Waals surface area contributed by atoms with Crippen LogP contribution >= 0.6 is 0 Å². The molecule has 2 nitrogen and oxygen atoms in total. The van der Waals surface area contributed by atoms with E-state index in [9.17, 15) is 0 Å². The molecule has 0 saturated carbocycles. The Morgan fingerprint density at radius 3 is 2.25 bits per heavy atom. The fraction of sp³-hybridized carbons (Fsp3) is 0.0952. The van der Waals surface area contributed by atoms with Gasteiger partial charge in [-0.2, -0.15) is 0 Å². The van der Waals surface area contributed by atoms with Crippen molar-refractivity contribution in [3.8, 4) is 5.75 Å². The molecule has 0 aliphatic rings. The summed E-state index contributed by atoms with van der Waals surface area (Å²) >= 11 is 3.07. The molecular weight excluding hydrogens is 361 g/mol. The molecule has 0 fully saturated rings. The predicted octanol–water partition coefficient (Wildman–Crippen LogP) is 4.82. The topological polar surface area (TPSA) is 21.6 Å². The molecule has 0 amide bonds. The molecule has 24 heavy (non-hydrogen) atoms. The van der Waals surface area contributed by atoms with Crippen molar-refractivity contribution in [3.63, 3.8) is 0 Å². The predicted molar refractivity (Wildman–Crippen MR) is 100 cm³/mol. The summed E-state index contributed by atoms with van der Waals surface area (Å²) < 4.78 is 6.76. The average molecular weight is 379 g/mol. The first-order chi connectivity index (χ1) is 11.7. The number of hydrogen-bond acceptors (Lipinski definition) is 2. The van der Waals surface area contributed by atoms with Crippen molar-refractivity contribution < 1.29 is 4.74 Å². The van der Waals surface area contributed by atoms with E-state index in [0.29, 0.717) is 6.61 Å². The third-order valence-electron chi connectivity index (χ3n) is 3.66. The van der Waals surface area contributed by atoms with Gasteiger partial charge in [0.1, 0.15) is 0 Å². The van der Waals surface area contributed by atoms with Crippen LogP contribution in [0.15, 0.2) is 83.9 Å². The molecular formula is C21H18NOSe. The number of hydrogen-bond donors (Lipinski definition) is 0. The van der Waals surface area contributed by atoms with E-state index in [4.69, 9.17) is 4.74 Å². The maximum absolute atomic E-state index is 5.88. The molecule has 0 aromatic heterocycles. The van der Waals surface area contributed by atoms with Crippen LogP contribution in [0.4, 0.5) is 5.69 Å². The van der Waals surface area contributed by atoms with Gasteiger partial charge in [-0.15, -0.1) is 0 Å². The Labute approximate surface area is 151 Å². The van der Waals surface area contributed by atoms with Crippen molar-refractivity contribution >= 4 is 26.3 Å². The Balaban J connectivity index is 1.74. The van der Waals surface area contributed by atoms with Gasteiger partial charge in [-0.25, -0.2) is 0 Å². The van der Waals surface area contributed by atoms with E-state index in [1.54, 1.807) is 0 Å². The van der Waals surface area contributed by atoms with Crippen molar-refractivity contribution in [2.75, 3.05) is 0 Å². The number of benzene rings is 3. The van der Waals surface area contributed by atoms with E-state index >= 15 is 0 Å². The monoisotopic (exact) mass is 380 g/mol. The number of para-hydroxylation sites is 1. The van der Waals surface area contributed by atoms with Gasteiger partial charge in [0.15, 0.2) is 0 Å². The van der Waals surface area contributed by atoms with Gasteiger partial charge in [-0.1, -0.05) is 0 Å². The van der Waals surface area contributed by atoms with Gasteiger partial charge in [-0.3, -0.25) is 0 Å². The van der Waals surface area contributed by atoms with Gasteiger partial charge >= 0.3 is 151 Å². The van der Waals surface area contributed by atoms with Crippen LogP contribution in [0.5, 0.6) is 5.75 Å². The van der Waals surface area contributed by atoms with Crippen LogP contribution in [0.3, 0.4) is 0 Å². The summed E-state index contributed by atoms with van der Waals surface area (Å²) in [6.45, 7) is 2.64. The molecule has 3 aromatic carbocycles. The van der Waals surface area contributed by atoms with Gasteiger partial charge in [-0.05, 0) is 0 Å². The standard InChI is InChI=1S/C21H18NOSe/c1-16-14-19(23-15-17-8-4-2-5-9-17)12-13-20(16)21(24)22-18-10-6-3-7-11-18/h2-14H,15H2,1H3. The Bertz CT molecular complexity index is 829. The second-order valence-corrected chi connectivity index (χ2v) is 6.31. The van der Waals surface area contributed by atoms with Crippen LogP contribution in [0.2, 0.25) is 0 Å². The molecule has 0 aliphatic heterocycles. The normalized spacial score (nSPS) is 11.3. The van der Waals surface area contributed by atoms with Crippen molar-refractivity contribution in [2.45, 2.75) is 13.5 Å².